The summed E-state index contributed by atoms with van der Waals surface area (Å²) >= 11 is 0. The number of nitrogens with one attached hydrogen (secondary N) is 1. The van der Waals surface area contributed by atoms with Crippen molar-refractivity contribution in [3.63, 3.8) is 0 Å². The maximum atomic E-state index is 11.1. The van der Waals surface area contributed by atoms with Crippen molar-refractivity contribution in [2.24, 2.45) is 0 Å². The number of benzene rings is 1. The Morgan fingerprint density at radius 1 is 1.40 bits per heavy atom. The van der Waals surface area contributed by atoms with E-state index in [0.717, 1.165) is 5.56 Å². The highest BCUT2D eigenvalue weighted by Crippen LogP contribution is 2.16. The smallest absolute Gasteiger partial charge is 0.246 e. The fourth-order valence-corrected chi connectivity index (χ4v) is 1.52. The highest BCUT2D eigenvalue weighted by Gasteiger charge is 2.19. The lowest BCUT2D eigenvalue weighted by Crippen LogP contribution is -2.39. The van der Waals surface area contributed by atoms with E-state index in [1.807, 2.05) is 18.2 Å². The van der Waals surface area contributed by atoms with Gasteiger partial charge in [-0.15, -0.1) is 0 Å². The van der Waals surface area contributed by atoms with Crippen LogP contribution in [-0.4, -0.2) is 19.1 Å². The Morgan fingerprint density at radius 3 is 2.73 bits per heavy atom. The molecular weight excluding hydrogens is 192 g/mol. The second-order valence-corrected chi connectivity index (χ2v) is 3.37. The molecule has 0 radical (unpaired) electrons. The minimum atomic E-state index is -0.101. The Kier molecular flexibility index (Phi) is 2.66. The molecular formula is C11H10N2O2. The summed E-state index contributed by atoms with van der Waals surface area (Å²) in [5.41, 5.74) is 1.57. The molecule has 4 heteroatoms. The zero-order chi connectivity index (χ0) is 10.7. The van der Waals surface area contributed by atoms with Crippen LogP contribution in [0.3, 0.4) is 0 Å². The molecule has 76 valence electrons. The Balaban J connectivity index is 2.15. The number of carbonyl (C=O) groups is 1. The third kappa shape index (κ3) is 2.14. The van der Waals surface area contributed by atoms with Crippen molar-refractivity contribution in [3.8, 4) is 6.07 Å². The number of carbonyl (C=O) groups excluding carboxylic acids is 1. The van der Waals surface area contributed by atoms with Crippen molar-refractivity contribution in [2.45, 2.75) is 6.04 Å². The van der Waals surface area contributed by atoms with E-state index in [0.29, 0.717) is 12.2 Å². The van der Waals surface area contributed by atoms with Crippen LogP contribution >= 0.6 is 0 Å². The first-order chi connectivity index (χ1) is 7.29. The molecule has 1 N–H and O–H groups in total. The minimum Gasteiger partial charge on any atom is -0.369 e. The topological polar surface area (TPSA) is 62.1 Å². The molecule has 0 aromatic heterocycles. The zero-order valence-corrected chi connectivity index (χ0v) is 8.06. The lowest BCUT2D eigenvalue weighted by molar-refractivity contribution is -0.131. The van der Waals surface area contributed by atoms with Gasteiger partial charge in [-0.3, -0.25) is 4.79 Å². The molecule has 1 fully saturated rings. The molecule has 1 atom stereocenters. The summed E-state index contributed by atoms with van der Waals surface area (Å²) < 4.78 is 5.13. The lowest BCUT2D eigenvalue weighted by atomic mass is 10.1. The zero-order valence-electron chi connectivity index (χ0n) is 8.06. The van der Waals surface area contributed by atoms with Gasteiger partial charge in [0.05, 0.1) is 24.3 Å². The van der Waals surface area contributed by atoms with Crippen LogP contribution in [0.1, 0.15) is 17.2 Å². The van der Waals surface area contributed by atoms with Crippen LogP contribution in [0.2, 0.25) is 0 Å². The van der Waals surface area contributed by atoms with Gasteiger partial charge in [0, 0.05) is 0 Å². The molecule has 1 saturated heterocycles. The van der Waals surface area contributed by atoms with Crippen LogP contribution in [0, 0.1) is 11.3 Å². The van der Waals surface area contributed by atoms with Gasteiger partial charge in [-0.1, -0.05) is 12.1 Å². The van der Waals surface area contributed by atoms with Crippen LogP contribution in [0.5, 0.6) is 0 Å². The van der Waals surface area contributed by atoms with E-state index in [2.05, 4.69) is 5.32 Å². The van der Waals surface area contributed by atoms with Gasteiger partial charge in [-0.2, -0.15) is 5.26 Å². The van der Waals surface area contributed by atoms with Crippen molar-refractivity contribution >= 4 is 5.91 Å². The fourth-order valence-electron chi connectivity index (χ4n) is 1.52. The third-order valence-electron chi connectivity index (χ3n) is 2.30. The Bertz CT molecular complexity index is 406. The van der Waals surface area contributed by atoms with E-state index in [1.165, 1.54) is 0 Å². The second kappa shape index (κ2) is 4.11. The highest BCUT2D eigenvalue weighted by atomic mass is 16.5. The number of hydrogen-bond donors (Lipinski definition) is 1. The van der Waals surface area contributed by atoms with Gasteiger partial charge >= 0.3 is 0 Å². The van der Waals surface area contributed by atoms with Crippen LogP contribution in [-0.2, 0) is 9.53 Å². The number of nitriles is 1. The minimum absolute atomic E-state index is 0.0982. The molecule has 1 aromatic rings. The predicted octanol–water partition coefficient (Wildman–Crippen LogP) is 0.746. The first kappa shape index (κ1) is 9.69. The lowest BCUT2D eigenvalue weighted by Gasteiger charge is -2.23. The average Bonchev–Trinajstić information content (AvgIpc) is 2.29. The highest BCUT2D eigenvalue weighted by molar-refractivity contribution is 5.78. The fraction of sp³-hybridized carbons (Fsp3) is 0.273. The molecule has 0 spiro atoms. The number of morpholine rings is 1. The summed E-state index contributed by atoms with van der Waals surface area (Å²) in [6.07, 6.45) is 0. The molecule has 1 aliphatic rings. The monoisotopic (exact) mass is 202 g/mol. The normalized spacial score (nSPS) is 20.5. The number of rotatable bonds is 1. The van der Waals surface area contributed by atoms with Crippen LogP contribution < -0.4 is 5.32 Å². The van der Waals surface area contributed by atoms with Crippen LogP contribution in [0.15, 0.2) is 24.3 Å². The Hall–Kier alpha value is -1.86. The summed E-state index contributed by atoms with van der Waals surface area (Å²) in [6, 6.07) is 9.08. The van der Waals surface area contributed by atoms with Gasteiger partial charge < -0.3 is 10.1 Å². The van der Waals surface area contributed by atoms with Crippen LogP contribution in [0.4, 0.5) is 0 Å². The molecule has 0 saturated carbocycles. The second-order valence-electron chi connectivity index (χ2n) is 3.37. The van der Waals surface area contributed by atoms with E-state index in [1.54, 1.807) is 12.1 Å². The molecule has 1 heterocycles. The largest absolute Gasteiger partial charge is 0.369 e. The van der Waals surface area contributed by atoms with Gasteiger partial charge in [0.15, 0.2) is 0 Å². The number of ether oxygens (including phenoxy) is 1. The van der Waals surface area contributed by atoms with Gasteiger partial charge in [0.1, 0.15) is 6.61 Å². The summed E-state index contributed by atoms with van der Waals surface area (Å²) in [4.78, 5) is 11.1. The summed E-state index contributed by atoms with van der Waals surface area (Å²) in [5, 5.41) is 11.5. The van der Waals surface area contributed by atoms with Crippen molar-refractivity contribution < 1.29 is 9.53 Å². The summed E-state index contributed by atoms with van der Waals surface area (Å²) in [5.74, 6) is -0.101. The quantitative estimate of drug-likeness (QED) is 0.730. The molecule has 15 heavy (non-hydrogen) atoms. The Labute approximate surface area is 87.5 Å². The van der Waals surface area contributed by atoms with Crippen molar-refractivity contribution in [2.75, 3.05) is 13.2 Å². The first-order valence-corrected chi connectivity index (χ1v) is 4.67. The molecule has 0 bridgehead atoms. The maximum absolute atomic E-state index is 11.1. The third-order valence-corrected chi connectivity index (χ3v) is 2.30. The average molecular weight is 202 g/mol. The molecule has 4 nitrogen and oxygen atoms in total. The van der Waals surface area contributed by atoms with E-state index < -0.39 is 0 Å². The van der Waals surface area contributed by atoms with Gasteiger partial charge in [-0.25, -0.2) is 0 Å². The van der Waals surface area contributed by atoms with Crippen molar-refractivity contribution in [3.05, 3.63) is 35.4 Å². The van der Waals surface area contributed by atoms with E-state index in [4.69, 9.17) is 10.00 Å². The number of hydrogen-bond acceptors (Lipinski definition) is 3. The van der Waals surface area contributed by atoms with E-state index >= 15 is 0 Å². The molecule has 1 amide bonds. The van der Waals surface area contributed by atoms with Gasteiger partial charge in [-0.05, 0) is 17.7 Å². The van der Waals surface area contributed by atoms with Gasteiger partial charge in [0.25, 0.3) is 0 Å². The summed E-state index contributed by atoms with van der Waals surface area (Å²) in [6.45, 7) is 0.615. The van der Waals surface area contributed by atoms with Gasteiger partial charge in [0.2, 0.25) is 5.91 Å². The number of nitrogens with zero attached hydrogens (tertiary/aromatic N) is 1. The maximum Gasteiger partial charge on any atom is 0.246 e. The Morgan fingerprint density at radius 2 is 2.13 bits per heavy atom. The SMILES string of the molecule is N#Cc1ccc([C@@H]2COCC(=O)N2)cc1. The molecule has 0 aliphatic carbocycles. The predicted molar refractivity (Wildman–Crippen MR) is 52.9 cm³/mol. The molecule has 1 aromatic carbocycles. The summed E-state index contributed by atoms with van der Waals surface area (Å²) in [7, 11) is 0. The van der Waals surface area contributed by atoms with Crippen molar-refractivity contribution in [1.82, 2.24) is 5.32 Å². The molecule has 0 unspecified atom stereocenters. The number of amides is 1. The first-order valence-electron chi connectivity index (χ1n) is 4.67. The molecule has 1 aliphatic heterocycles. The van der Waals surface area contributed by atoms with Crippen LogP contribution in [0.25, 0.3) is 0 Å². The standard InChI is InChI=1S/C11H10N2O2/c12-5-8-1-3-9(4-2-8)10-6-15-7-11(14)13-10/h1-4,10H,6-7H2,(H,13,14)/t10-/m0/s1. The van der Waals surface area contributed by atoms with E-state index in [-0.39, 0.29) is 18.6 Å². The molecule has 2 rings (SSSR count). The van der Waals surface area contributed by atoms with E-state index in [9.17, 15) is 4.79 Å². The van der Waals surface area contributed by atoms with Crippen molar-refractivity contribution in [1.29, 1.82) is 5.26 Å².